The van der Waals surface area contributed by atoms with E-state index >= 15 is 0 Å². The Bertz CT molecular complexity index is 1300. The van der Waals surface area contributed by atoms with Gasteiger partial charge in [-0.2, -0.15) is 0 Å². The standard InChI is InChI=1S/C27H39N3O4SSi/c1-19-13-20(2)27(21(3)14-19)35(31,32)29-25(16-34-23-8-9-23)22-7-10-26-24(15-22)28-17-30(26)18-33-11-12-36(4,5)6/h7,10,13-15,17,23,25,29H,8-9,11-12,16,18H2,1-6H3/t25-/m1/s1. The normalized spacial score (nSPS) is 15.5. The number of benzene rings is 2. The highest BCUT2D eigenvalue weighted by Gasteiger charge is 2.29. The fraction of sp³-hybridized carbons (Fsp3) is 0.519. The second-order valence-corrected chi connectivity index (χ2v) is 18.5. The highest BCUT2D eigenvalue weighted by atomic mass is 32.2. The van der Waals surface area contributed by atoms with Gasteiger partial charge >= 0.3 is 0 Å². The molecule has 1 fully saturated rings. The molecule has 1 aliphatic rings. The van der Waals surface area contributed by atoms with E-state index in [9.17, 15) is 8.42 Å². The highest BCUT2D eigenvalue weighted by molar-refractivity contribution is 7.89. The lowest BCUT2D eigenvalue weighted by molar-refractivity contribution is 0.0898. The summed E-state index contributed by atoms with van der Waals surface area (Å²) in [6, 6.07) is 10.3. The zero-order valence-electron chi connectivity index (χ0n) is 22.3. The van der Waals surface area contributed by atoms with Crippen LogP contribution in [0.5, 0.6) is 0 Å². The van der Waals surface area contributed by atoms with Gasteiger partial charge in [-0.1, -0.05) is 43.4 Å². The van der Waals surface area contributed by atoms with Crippen molar-refractivity contribution in [2.24, 2.45) is 0 Å². The van der Waals surface area contributed by atoms with Crippen molar-refractivity contribution >= 4 is 29.1 Å². The van der Waals surface area contributed by atoms with Gasteiger partial charge in [0.15, 0.2) is 0 Å². The first kappa shape index (κ1) is 27.0. The number of ether oxygens (including phenoxy) is 2. The van der Waals surface area contributed by atoms with Gasteiger partial charge in [-0.15, -0.1) is 0 Å². The molecule has 1 N–H and O–H groups in total. The molecule has 196 valence electrons. The number of hydrogen-bond donors (Lipinski definition) is 1. The Hall–Kier alpha value is -2.04. The zero-order valence-corrected chi connectivity index (χ0v) is 24.1. The average molecular weight is 530 g/mol. The summed E-state index contributed by atoms with van der Waals surface area (Å²) < 4.78 is 43.8. The third-order valence-corrected chi connectivity index (χ3v) is 9.95. The van der Waals surface area contributed by atoms with Crippen molar-refractivity contribution in [3.8, 4) is 0 Å². The topological polar surface area (TPSA) is 82.5 Å². The van der Waals surface area contributed by atoms with Gasteiger partial charge in [0, 0.05) is 14.7 Å². The molecular formula is C27H39N3O4SSi. The zero-order chi connectivity index (χ0) is 26.1. The first-order chi connectivity index (χ1) is 16.9. The number of nitrogens with zero attached hydrogens (tertiary/aromatic N) is 2. The van der Waals surface area contributed by atoms with E-state index in [-0.39, 0.29) is 12.7 Å². The van der Waals surface area contributed by atoms with Crippen LogP contribution in [0.25, 0.3) is 11.0 Å². The van der Waals surface area contributed by atoms with Crippen molar-refractivity contribution in [3.63, 3.8) is 0 Å². The molecule has 1 saturated carbocycles. The van der Waals surface area contributed by atoms with Crippen LogP contribution in [0.2, 0.25) is 25.7 Å². The molecule has 0 aliphatic heterocycles. The molecule has 7 nitrogen and oxygen atoms in total. The van der Waals surface area contributed by atoms with Gasteiger partial charge in [0.05, 0.1) is 41.0 Å². The third-order valence-electron chi connectivity index (χ3n) is 6.47. The molecule has 0 bridgehead atoms. The Kier molecular flexibility index (Phi) is 8.06. The quantitative estimate of drug-likeness (QED) is 0.248. The molecule has 0 amide bonds. The number of hydrogen-bond acceptors (Lipinski definition) is 5. The summed E-state index contributed by atoms with van der Waals surface area (Å²) in [6.45, 7) is 14.1. The summed E-state index contributed by atoms with van der Waals surface area (Å²) in [5.74, 6) is 0. The Morgan fingerprint density at radius 3 is 2.44 bits per heavy atom. The molecule has 0 unspecified atom stereocenters. The number of nitrogens with one attached hydrogen (secondary N) is 1. The van der Waals surface area contributed by atoms with Crippen molar-refractivity contribution in [3.05, 3.63) is 58.9 Å². The van der Waals surface area contributed by atoms with E-state index in [1.54, 1.807) is 6.33 Å². The van der Waals surface area contributed by atoms with E-state index in [2.05, 4.69) is 29.3 Å². The van der Waals surface area contributed by atoms with Crippen LogP contribution < -0.4 is 4.72 Å². The smallest absolute Gasteiger partial charge is 0.241 e. The minimum absolute atomic E-state index is 0.219. The van der Waals surface area contributed by atoms with Gasteiger partial charge in [-0.3, -0.25) is 0 Å². The Labute approximate surface area is 216 Å². The molecule has 0 saturated heterocycles. The summed E-state index contributed by atoms with van der Waals surface area (Å²) in [4.78, 5) is 4.90. The Balaban J connectivity index is 1.55. The predicted octanol–water partition coefficient (Wildman–Crippen LogP) is 5.47. The third kappa shape index (κ3) is 6.83. The Morgan fingerprint density at radius 2 is 1.81 bits per heavy atom. The van der Waals surface area contributed by atoms with E-state index < -0.39 is 24.1 Å². The maximum Gasteiger partial charge on any atom is 0.241 e. The molecule has 1 aromatic heterocycles. The average Bonchev–Trinajstić information content (AvgIpc) is 3.51. The molecule has 3 aromatic rings. The maximum absolute atomic E-state index is 13.5. The van der Waals surface area contributed by atoms with Gasteiger partial charge < -0.3 is 14.0 Å². The first-order valence-corrected chi connectivity index (χ1v) is 17.9. The summed E-state index contributed by atoms with van der Waals surface area (Å²) in [5.41, 5.74) is 5.12. The van der Waals surface area contributed by atoms with Crippen LogP contribution in [-0.4, -0.2) is 45.4 Å². The van der Waals surface area contributed by atoms with E-state index in [0.29, 0.717) is 11.6 Å². The highest BCUT2D eigenvalue weighted by Crippen LogP contribution is 2.29. The van der Waals surface area contributed by atoms with E-state index in [0.717, 1.165) is 58.8 Å². The summed E-state index contributed by atoms with van der Waals surface area (Å²) in [6.07, 6.45) is 4.05. The molecule has 9 heteroatoms. The van der Waals surface area contributed by atoms with Gasteiger partial charge in [0.25, 0.3) is 0 Å². The molecular weight excluding hydrogens is 490 g/mol. The number of aromatic nitrogens is 2. The first-order valence-electron chi connectivity index (χ1n) is 12.7. The molecule has 0 spiro atoms. The fourth-order valence-corrected chi connectivity index (χ4v) is 6.86. The summed E-state index contributed by atoms with van der Waals surface area (Å²) in [7, 11) is -4.90. The van der Waals surface area contributed by atoms with E-state index in [1.807, 2.05) is 55.7 Å². The number of sulfonamides is 1. The number of rotatable bonds is 12. The lowest BCUT2D eigenvalue weighted by atomic mass is 10.1. The van der Waals surface area contributed by atoms with Gasteiger partial charge in [-0.25, -0.2) is 18.1 Å². The van der Waals surface area contributed by atoms with E-state index in [4.69, 9.17) is 9.47 Å². The molecule has 1 atom stereocenters. The number of fused-ring (bicyclic) bond motifs is 1. The minimum Gasteiger partial charge on any atom is -0.376 e. The lowest BCUT2D eigenvalue weighted by Crippen LogP contribution is -2.32. The van der Waals surface area contributed by atoms with Crippen LogP contribution in [0.3, 0.4) is 0 Å². The lowest BCUT2D eigenvalue weighted by Gasteiger charge is -2.21. The van der Waals surface area contributed by atoms with E-state index in [1.165, 1.54) is 0 Å². The number of aryl methyl sites for hydroxylation is 3. The minimum atomic E-state index is -3.76. The van der Waals surface area contributed by atoms with Crippen LogP contribution >= 0.6 is 0 Å². The molecule has 0 radical (unpaired) electrons. The van der Waals surface area contributed by atoms with Gasteiger partial charge in [0.1, 0.15) is 6.73 Å². The van der Waals surface area contributed by atoms with Crippen molar-refractivity contribution in [2.45, 2.75) is 83.1 Å². The Morgan fingerprint density at radius 1 is 1.11 bits per heavy atom. The molecule has 4 rings (SSSR count). The van der Waals surface area contributed by atoms with Crippen LogP contribution in [0.4, 0.5) is 0 Å². The fourth-order valence-electron chi connectivity index (χ4n) is 4.44. The van der Waals surface area contributed by atoms with Crippen molar-refractivity contribution in [2.75, 3.05) is 13.2 Å². The van der Waals surface area contributed by atoms with Crippen molar-refractivity contribution in [1.29, 1.82) is 0 Å². The van der Waals surface area contributed by atoms with Crippen LogP contribution in [-0.2, 0) is 26.2 Å². The summed E-state index contributed by atoms with van der Waals surface area (Å²) >= 11 is 0. The maximum atomic E-state index is 13.5. The van der Waals surface area contributed by atoms with Crippen LogP contribution in [0.1, 0.15) is 41.1 Å². The van der Waals surface area contributed by atoms with Crippen LogP contribution in [0, 0.1) is 20.8 Å². The largest absolute Gasteiger partial charge is 0.376 e. The van der Waals surface area contributed by atoms with Crippen molar-refractivity contribution in [1.82, 2.24) is 14.3 Å². The monoisotopic (exact) mass is 529 g/mol. The van der Waals surface area contributed by atoms with Gasteiger partial charge in [-0.05, 0) is 68.5 Å². The predicted molar refractivity (Wildman–Crippen MR) is 147 cm³/mol. The second kappa shape index (κ2) is 10.7. The SMILES string of the molecule is Cc1cc(C)c(S(=O)(=O)N[C@H](COC2CC2)c2ccc3c(c2)ncn3COCC[Si](C)(C)C)c(C)c1. The van der Waals surface area contributed by atoms with Crippen LogP contribution in [0.15, 0.2) is 41.6 Å². The van der Waals surface area contributed by atoms with Crippen molar-refractivity contribution < 1.29 is 17.9 Å². The molecule has 1 aliphatic carbocycles. The number of imidazole rings is 1. The molecule has 1 heterocycles. The summed E-state index contributed by atoms with van der Waals surface area (Å²) in [5, 5.41) is 0. The molecule has 36 heavy (non-hydrogen) atoms. The second-order valence-electron chi connectivity index (χ2n) is 11.2. The molecule has 2 aromatic carbocycles. The van der Waals surface area contributed by atoms with Gasteiger partial charge in [0.2, 0.25) is 10.0 Å².